The first kappa shape index (κ1) is 21.5. The van der Waals surface area contributed by atoms with Crippen LogP contribution in [0.3, 0.4) is 0 Å². The number of amides is 2. The van der Waals surface area contributed by atoms with E-state index in [0.717, 1.165) is 23.6 Å². The molecule has 0 radical (unpaired) electrons. The summed E-state index contributed by atoms with van der Waals surface area (Å²) < 4.78 is 16.5. The van der Waals surface area contributed by atoms with Gasteiger partial charge in [-0.25, -0.2) is 0 Å². The van der Waals surface area contributed by atoms with Crippen molar-refractivity contribution in [3.05, 3.63) is 42.5 Å². The zero-order valence-corrected chi connectivity index (χ0v) is 17.6. The van der Waals surface area contributed by atoms with Gasteiger partial charge in [0.05, 0.1) is 19.4 Å². The number of methoxy groups -OCH3 is 1. The molecule has 0 bridgehead atoms. The lowest BCUT2D eigenvalue weighted by atomic mass is 10.1. The van der Waals surface area contributed by atoms with Crippen LogP contribution in [-0.2, 0) is 9.59 Å². The summed E-state index contributed by atoms with van der Waals surface area (Å²) >= 11 is 0. The Bertz CT molecular complexity index is 882. The largest absolute Gasteiger partial charge is 0.497 e. The average Bonchev–Trinajstić information content (AvgIpc) is 2.75. The molecule has 0 spiro atoms. The normalized spacial score (nSPS) is 15.2. The third-order valence-electron chi connectivity index (χ3n) is 4.78. The first-order chi connectivity index (χ1) is 14.5. The highest BCUT2D eigenvalue weighted by Crippen LogP contribution is 2.36. The zero-order chi connectivity index (χ0) is 21.5. The van der Waals surface area contributed by atoms with Gasteiger partial charge >= 0.3 is 0 Å². The fourth-order valence-corrected chi connectivity index (χ4v) is 3.26. The van der Waals surface area contributed by atoms with Gasteiger partial charge in [0.25, 0.3) is 5.91 Å². The van der Waals surface area contributed by atoms with Gasteiger partial charge in [-0.05, 0) is 56.2 Å². The maximum atomic E-state index is 12.3. The molecule has 1 aliphatic heterocycles. The third kappa shape index (κ3) is 5.23. The molecule has 0 aromatic heterocycles. The predicted molar refractivity (Wildman–Crippen MR) is 116 cm³/mol. The number of carbonyl (C=O) groups is 2. The second-order valence-corrected chi connectivity index (χ2v) is 7.11. The molecule has 0 saturated heterocycles. The molecule has 1 aliphatic rings. The van der Waals surface area contributed by atoms with Gasteiger partial charge in [0.2, 0.25) is 5.91 Å². The molecular formula is C23H28N2O5. The second-order valence-electron chi connectivity index (χ2n) is 7.11. The summed E-state index contributed by atoms with van der Waals surface area (Å²) in [5, 5.41) is 2.88. The Morgan fingerprint density at radius 3 is 2.60 bits per heavy atom. The molecule has 1 heterocycles. The lowest BCUT2D eigenvalue weighted by Crippen LogP contribution is -2.44. The molecule has 2 aromatic rings. The summed E-state index contributed by atoms with van der Waals surface area (Å²) in [6.07, 6.45) is 1.25. The minimum Gasteiger partial charge on any atom is -0.497 e. The summed E-state index contributed by atoms with van der Waals surface area (Å²) in [5.41, 5.74) is 1.39. The number of nitrogens with one attached hydrogen (secondary N) is 1. The van der Waals surface area contributed by atoms with E-state index >= 15 is 0 Å². The van der Waals surface area contributed by atoms with Crippen molar-refractivity contribution in [3.8, 4) is 17.2 Å². The molecule has 0 saturated carbocycles. The topological polar surface area (TPSA) is 77.1 Å². The zero-order valence-electron chi connectivity index (χ0n) is 17.6. The highest BCUT2D eigenvalue weighted by Gasteiger charge is 2.31. The number of nitrogens with zero attached hydrogens (tertiary/aromatic N) is 1. The van der Waals surface area contributed by atoms with Gasteiger partial charge in [0, 0.05) is 24.7 Å². The van der Waals surface area contributed by atoms with Crippen molar-refractivity contribution in [1.29, 1.82) is 0 Å². The first-order valence-corrected chi connectivity index (χ1v) is 10.2. The van der Waals surface area contributed by atoms with Crippen LogP contribution in [0.2, 0.25) is 0 Å². The monoisotopic (exact) mass is 412 g/mol. The Kier molecular flexibility index (Phi) is 7.17. The van der Waals surface area contributed by atoms with E-state index < -0.39 is 6.10 Å². The van der Waals surface area contributed by atoms with E-state index in [1.807, 2.05) is 37.3 Å². The van der Waals surface area contributed by atoms with Crippen molar-refractivity contribution in [2.75, 3.05) is 30.5 Å². The van der Waals surface area contributed by atoms with Crippen LogP contribution in [0, 0.1) is 0 Å². The molecule has 2 aromatic carbocycles. The van der Waals surface area contributed by atoms with Crippen molar-refractivity contribution in [1.82, 2.24) is 0 Å². The molecule has 1 N–H and O–H groups in total. The SMILES string of the molecule is CCCN1C(=O)C(C)Oc2cc(NC(=O)CCCOc3ccc(OC)cc3)ccc21. The maximum Gasteiger partial charge on any atom is 0.267 e. The number of fused-ring (bicyclic) bond motifs is 1. The van der Waals surface area contributed by atoms with E-state index in [4.69, 9.17) is 14.2 Å². The molecule has 1 unspecified atom stereocenters. The number of hydrogen-bond donors (Lipinski definition) is 1. The number of rotatable bonds is 9. The van der Waals surface area contributed by atoms with Gasteiger partial charge in [-0.15, -0.1) is 0 Å². The summed E-state index contributed by atoms with van der Waals surface area (Å²) in [7, 11) is 1.62. The van der Waals surface area contributed by atoms with E-state index in [9.17, 15) is 9.59 Å². The van der Waals surface area contributed by atoms with Gasteiger partial charge in [0.15, 0.2) is 6.10 Å². The van der Waals surface area contributed by atoms with Crippen LogP contribution in [-0.4, -0.2) is 38.2 Å². The van der Waals surface area contributed by atoms with Crippen LogP contribution < -0.4 is 24.4 Å². The molecule has 160 valence electrons. The molecule has 7 nitrogen and oxygen atoms in total. The lowest BCUT2D eigenvalue weighted by Gasteiger charge is -2.33. The number of benzene rings is 2. The fourth-order valence-electron chi connectivity index (χ4n) is 3.26. The van der Waals surface area contributed by atoms with Crippen LogP contribution in [0.15, 0.2) is 42.5 Å². The summed E-state index contributed by atoms with van der Waals surface area (Å²) in [5.74, 6) is 1.98. The molecule has 3 rings (SSSR count). The van der Waals surface area contributed by atoms with Crippen molar-refractivity contribution in [2.45, 2.75) is 39.2 Å². The van der Waals surface area contributed by atoms with E-state index in [2.05, 4.69) is 5.32 Å². The summed E-state index contributed by atoms with van der Waals surface area (Å²) in [6, 6.07) is 12.7. The van der Waals surface area contributed by atoms with Crippen molar-refractivity contribution >= 4 is 23.2 Å². The number of ether oxygens (including phenoxy) is 3. The Morgan fingerprint density at radius 2 is 1.90 bits per heavy atom. The van der Waals surface area contributed by atoms with Gasteiger partial charge < -0.3 is 24.4 Å². The Balaban J connectivity index is 1.50. The van der Waals surface area contributed by atoms with Crippen LogP contribution in [0.5, 0.6) is 17.2 Å². The summed E-state index contributed by atoms with van der Waals surface area (Å²) in [6.45, 7) is 4.85. The third-order valence-corrected chi connectivity index (χ3v) is 4.78. The minimum atomic E-state index is -0.537. The van der Waals surface area contributed by atoms with Gasteiger partial charge in [0.1, 0.15) is 17.2 Å². The maximum absolute atomic E-state index is 12.3. The van der Waals surface area contributed by atoms with Crippen LogP contribution in [0.25, 0.3) is 0 Å². The number of anilines is 2. The predicted octanol–water partition coefficient (Wildman–Crippen LogP) is 4.02. The average molecular weight is 412 g/mol. The van der Waals surface area contributed by atoms with Crippen LogP contribution in [0.4, 0.5) is 11.4 Å². The standard InChI is InChI=1S/C23H28N2O5/c1-4-13-25-20-12-7-17(15-21(20)30-16(2)23(25)27)24-22(26)6-5-14-29-19-10-8-18(28-3)9-11-19/h7-12,15-16H,4-6,13-14H2,1-3H3,(H,24,26). The fraction of sp³-hybridized carbons (Fsp3) is 0.391. The molecule has 0 fully saturated rings. The Labute approximate surface area is 176 Å². The Hall–Kier alpha value is -3.22. The van der Waals surface area contributed by atoms with E-state index in [1.54, 1.807) is 31.1 Å². The highest BCUT2D eigenvalue weighted by atomic mass is 16.5. The Morgan fingerprint density at radius 1 is 1.17 bits per heavy atom. The highest BCUT2D eigenvalue weighted by molar-refractivity contribution is 6.00. The smallest absolute Gasteiger partial charge is 0.267 e. The summed E-state index contributed by atoms with van der Waals surface area (Å²) in [4.78, 5) is 26.3. The van der Waals surface area contributed by atoms with Crippen LogP contribution in [0.1, 0.15) is 33.1 Å². The second kappa shape index (κ2) is 10.0. The van der Waals surface area contributed by atoms with E-state index in [1.165, 1.54) is 0 Å². The van der Waals surface area contributed by atoms with Gasteiger partial charge in [-0.1, -0.05) is 6.92 Å². The van der Waals surface area contributed by atoms with Crippen LogP contribution >= 0.6 is 0 Å². The van der Waals surface area contributed by atoms with Crippen molar-refractivity contribution in [3.63, 3.8) is 0 Å². The van der Waals surface area contributed by atoms with E-state index in [-0.39, 0.29) is 11.8 Å². The van der Waals surface area contributed by atoms with Crippen molar-refractivity contribution < 1.29 is 23.8 Å². The van der Waals surface area contributed by atoms with Crippen molar-refractivity contribution in [2.24, 2.45) is 0 Å². The van der Waals surface area contributed by atoms with Gasteiger partial charge in [-0.2, -0.15) is 0 Å². The first-order valence-electron chi connectivity index (χ1n) is 10.2. The molecule has 0 aliphatic carbocycles. The van der Waals surface area contributed by atoms with Gasteiger partial charge in [-0.3, -0.25) is 9.59 Å². The molecule has 7 heteroatoms. The molecule has 1 atom stereocenters. The quantitative estimate of drug-likeness (QED) is 0.630. The van der Waals surface area contributed by atoms with E-state index in [0.29, 0.717) is 37.4 Å². The molecular weight excluding hydrogens is 384 g/mol. The molecule has 2 amide bonds. The lowest BCUT2D eigenvalue weighted by molar-refractivity contribution is -0.125. The molecule has 30 heavy (non-hydrogen) atoms. The number of carbonyl (C=O) groups excluding carboxylic acids is 2. The minimum absolute atomic E-state index is 0.0435. The number of hydrogen-bond acceptors (Lipinski definition) is 5.